The molecule has 0 saturated heterocycles. The molecule has 4 heteroatoms. The Balaban J connectivity index is 0.00000169. The van der Waals surface area contributed by atoms with E-state index in [2.05, 4.69) is 0 Å². The molecule has 0 aromatic carbocycles. The van der Waals surface area contributed by atoms with Crippen molar-refractivity contribution < 1.29 is 14.3 Å². The zero-order valence-electron chi connectivity index (χ0n) is 8.96. The lowest BCUT2D eigenvalue weighted by Gasteiger charge is -2.19. The van der Waals surface area contributed by atoms with Crippen LogP contribution in [0.15, 0.2) is 0 Å². The Morgan fingerprint density at radius 2 is 1.86 bits per heavy atom. The van der Waals surface area contributed by atoms with E-state index in [1.54, 1.807) is 7.11 Å². The summed E-state index contributed by atoms with van der Waals surface area (Å²) in [7, 11) is 1.61. The van der Waals surface area contributed by atoms with E-state index in [-0.39, 0.29) is 18.0 Å². The number of esters is 1. The first kappa shape index (κ1) is 13.4. The largest absolute Gasteiger partial charge is 0.463 e. The molecule has 4 nitrogen and oxygen atoms in total. The molecule has 1 fully saturated rings. The highest BCUT2D eigenvalue weighted by molar-refractivity contribution is 5.72. The van der Waals surface area contributed by atoms with Crippen molar-refractivity contribution in [2.24, 2.45) is 5.92 Å². The van der Waals surface area contributed by atoms with Crippen molar-refractivity contribution in [3.63, 3.8) is 0 Å². The maximum absolute atomic E-state index is 11.4. The fraction of sp³-hybridized carbons (Fsp3) is 0.900. The highest BCUT2D eigenvalue weighted by Gasteiger charge is 2.21. The van der Waals surface area contributed by atoms with E-state index in [0.29, 0.717) is 13.2 Å². The van der Waals surface area contributed by atoms with Gasteiger partial charge in [0.2, 0.25) is 0 Å². The van der Waals surface area contributed by atoms with Crippen LogP contribution in [0.5, 0.6) is 0 Å². The van der Waals surface area contributed by atoms with Crippen LogP contribution in [0.4, 0.5) is 0 Å². The summed E-state index contributed by atoms with van der Waals surface area (Å²) < 4.78 is 9.86. The molecule has 1 aliphatic carbocycles. The lowest BCUT2D eigenvalue weighted by molar-refractivity contribution is -0.150. The maximum atomic E-state index is 11.4. The van der Waals surface area contributed by atoms with Crippen molar-refractivity contribution in [3.05, 3.63) is 0 Å². The second-order valence-electron chi connectivity index (χ2n) is 3.50. The van der Waals surface area contributed by atoms with E-state index in [4.69, 9.17) is 9.47 Å². The van der Waals surface area contributed by atoms with Crippen molar-refractivity contribution in [2.75, 3.05) is 20.3 Å². The number of hydrogen-bond acceptors (Lipinski definition) is 4. The van der Waals surface area contributed by atoms with Gasteiger partial charge in [-0.25, -0.2) is 0 Å². The third-order valence-corrected chi connectivity index (χ3v) is 2.47. The van der Waals surface area contributed by atoms with Crippen molar-refractivity contribution in [3.8, 4) is 0 Å². The van der Waals surface area contributed by atoms with Gasteiger partial charge in [-0.3, -0.25) is 4.79 Å². The summed E-state index contributed by atoms with van der Waals surface area (Å²) in [6.45, 7) is 0.893. The molecule has 84 valence electrons. The second-order valence-corrected chi connectivity index (χ2v) is 3.50. The molecule has 0 aromatic rings. The SMILES string of the molecule is COCCOC(=O)C1CCCCC1.N. The minimum atomic E-state index is -0.0308. The first-order chi connectivity index (χ1) is 6.34. The highest BCUT2D eigenvalue weighted by atomic mass is 16.6. The summed E-state index contributed by atoms with van der Waals surface area (Å²) in [5, 5.41) is 0. The van der Waals surface area contributed by atoms with Gasteiger partial charge in [0, 0.05) is 7.11 Å². The van der Waals surface area contributed by atoms with E-state index in [0.717, 1.165) is 12.8 Å². The van der Waals surface area contributed by atoms with Gasteiger partial charge < -0.3 is 15.6 Å². The van der Waals surface area contributed by atoms with Crippen LogP contribution >= 0.6 is 0 Å². The minimum Gasteiger partial charge on any atom is -0.463 e. The predicted octanol–water partition coefficient (Wildman–Crippen LogP) is 1.92. The first-order valence-corrected chi connectivity index (χ1v) is 5.00. The van der Waals surface area contributed by atoms with E-state index >= 15 is 0 Å². The van der Waals surface area contributed by atoms with Crippen molar-refractivity contribution >= 4 is 5.97 Å². The summed E-state index contributed by atoms with van der Waals surface area (Å²) in [4.78, 5) is 11.4. The highest BCUT2D eigenvalue weighted by Crippen LogP contribution is 2.24. The van der Waals surface area contributed by atoms with Crippen molar-refractivity contribution in [2.45, 2.75) is 32.1 Å². The molecule has 1 rings (SSSR count). The Kier molecular flexibility index (Phi) is 7.42. The fourth-order valence-electron chi connectivity index (χ4n) is 1.68. The Hall–Kier alpha value is -0.610. The van der Waals surface area contributed by atoms with Gasteiger partial charge in [-0.15, -0.1) is 0 Å². The van der Waals surface area contributed by atoms with Gasteiger partial charge in [-0.1, -0.05) is 19.3 Å². The van der Waals surface area contributed by atoms with Gasteiger partial charge in [-0.05, 0) is 12.8 Å². The van der Waals surface area contributed by atoms with Crippen LogP contribution in [0.1, 0.15) is 32.1 Å². The van der Waals surface area contributed by atoms with Crippen LogP contribution in [0.2, 0.25) is 0 Å². The number of rotatable bonds is 4. The molecule has 1 saturated carbocycles. The predicted molar refractivity (Wildman–Crippen MR) is 54.4 cm³/mol. The van der Waals surface area contributed by atoms with Crippen LogP contribution in [0.3, 0.4) is 0 Å². The molecule has 3 N–H and O–H groups in total. The molecule has 0 aliphatic heterocycles. The first-order valence-electron chi connectivity index (χ1n) is 5.00. The molecule has 1 aliphatic rings. The maximum Gasteiger partial charge on any atom is 0.309 e. The van der Waals surface area contributed by atoms with E-state index in [9.17, 15) is 4.79 Å². The van der Waals surface area contributed by atoms with Gasteiger partial charge in [0.25, 0.3) is 0 Å². The van der Waals surface area contributed by atoms with Gasteiger partial charge in [0.15, 0.2) is 0 Å². The van der Waals surface area contributed by atoms with Crippen LogP contribution in [-0.2, 0) is 14.3 Å². The standard InChI is InChI=1S/C10H18O3.H3N/c1-12-7-8-13-10(11)9-5-3-2-4-6-9;/h9H,2-8H2,1H3;1H3. The molecular weight excluding hydrogens is 182 g/mol. The van der Waals surface area contributed by atoms with Crippen molar-refractivity contribution in [1.29, 1.82) is 0 Å². The van der Waals surface area contributed by atoms with Crippen LogP contribution < -0.4 is 6.15 Å². The van der Waals surface area contributed by atoms with Crippen molar-refractivity contribution in [1.82, 2.24) is 6.15 Å². The van der Waals surface area contributed by atoms with Crippen LogP contribution in [-0.4, -0.2) is 26.3 Å². The van der Waals surface area contributed by atoms with E-state index < -0.39 is 0 Å². The van der Waals surface area contributed by atoms with Crippen LogP contribution in [0.25, 0.3) is 0 Å². The zero-order chi connectivity index (χ0) is 9.52. The smallest absolute Gasteiger partial charge is 0.309 e. The minimum absolute atomic E-state index is 0. The Bertz CT molecular complexity index is 155. The van der Waals surface area contributed by atoms with Crippen LogP contribution in [0, 0.1) is 5.92 Å². The summed E-state index contributed by atoms with van der Waals surface area (Å²) >= 11 is 0. The third-order valence-electron chi connectivity index (χ3n) is 2.47. The number of ether oxygens (including phenoxy) is 2. The monoisotopic (exact) mass is 203 g/mol. The molecule has 0 unspecified atom stereocenters. The number of carbonyl (C=O) groups excluding carboxylic acids is 1. The van der Waals surface area contributed by atoms with E-state index in [1.807, 2.05) is 0 Å². The summed E-state index contributed by atoms with van der Waals surface area (Å²) in [5.41, 5.74) is 0. The molecule has 0 aromatic heterocycles. The quantitative estimate of drug-likeness (QED) is 0.559. The normalized spacial score (nSPS) is 17.2. The molecule has 0 atom stereocenters. The summed E-state index contributed by atoms with van der Waals surface area (Å²) in [6, 6.07) is 0. The van der Waals surface area contributed by atoms with Gasteiger partial charge >= 0.3 is 5.97 Å². The molecule has 0 heterocycles. The average molecular weight is 203 g/mol. The molecule has 0 spiro atoms. The molecular formula is C10H21NO3. The molecule has 0 bridgehead atoms. The number of carbonyl (C=O) groups is 1. The topological polar surface area (TPSA) is 70.5 Å². The van der Waals surface area contributed by atoms with Gasteiger partial charge in [0.1, 0.15) is 6.61 Å². The Morgan fingerprint density at radius 3 is 2.43 bits per heavy atom. The van der Waals surface area contributed by atoms with Gasteiger partial charge in [-0.2, -0.15) is 0 Å². The lowest BCUT2D eigenvalue weighted by Crippen LogP contribution is -2.21. The summed E-state index contributed by atoms with van der Waals surface area (Å²) in [5.74, 6) is 0.127. The number of hydrogen-bond donors (Lipinski definition) is 1. The molecule has 14 heavy (non-hydrogen) atoms. The van der Waals surface area contributed by atoms with Gasteiger partial charge in [0.05, 0.1) is 12.5 Å². The summed E-state index contributed by atoms with van der Waals surface area (Å²) in [6.07, 6.45) is 5.62. The zero-order valence-corrected chi connectivity index (χ0v) is 8.96. The Morgan fingerprint density at radius 1 is 1.21 bits per heavy atom. The fourth-order valence-corrected chi connectivity index (χ4v) is 1.68. The molecule has 0 radical (unpaired) electrons. The lowest BCUT2D eigenvalue weighted by atomic mass is 9.89. The third kappa shape index (κ3) is 4.58. The second kappa shape index (κ2) is 7.76. The molecule has 0 amide bonds. The average Bonchev–Trinajstić information content (AvgIpc) is 2.19. The Labute approximate surface area is 85.5 Å². The number of methoxy groups -OCH3 is 1. The van der Waals surface area contributed by atoms with E-state index in [1.165, 1.54) is 19.3 Å².